The summed E-state index contributed by atoms with van der Waals surface area (Å²) in [6.45, 7) is 0. The summed E-state index contributed by atoms with van der Waals surface area (Å²) < 4.78 is 0.958. The molecule has 0 fully saturated rings. The number of amides is 3. The van der Waals surface area contributed by atoms with Crippen LogP contribution in [0.1, 0.15) is 0 Å². The van der Waals surface area contributed by atoms with Crippen molar-refractivity contribution in [2.45, 2.75) is 6.17 Å². The maximum atomic E-state index is 11.6. The Morgan fingerprint density at radius 3 is 2.88 bits per heavy atom. The van der Waals surface area contributed by atoms with Gasteiger partial charge < -0.3 is 5.73 Å². The third-order valence-corrected chi connectivity index (χ3v) is 2.11. The topological polar surface area (TPSA) is 121 Å². The van der Waals surface area contributed by atoms with Crippen LogP contribution in [0.4, 0.5) is 4.79 Å². The van der Waals surface area contributed by atoms with Crippen molar-refractivity contribution in [1.29, 1.82) is 0 Å². The van der Waals surface area contributed by atoms with Gasteiger partial charge in [-0.3, -0.25) is 9.59 Å². The summed E-state index contributed by atoms with van der Waals surface area (Å²) in [6, 6.07) is -0.595. The first-order valence-corrected chi connectivity index (χ1v) is 4.24. The first kappa shape index (κ1) is 10.1. The molecule has 0 bridgehead atoms. The van der Waals surface area contributed by atoms with E-state index in [9.17, 15) is 14.4 Å². The molecule has 2 aliphatic rings. The summed E-state index contributed by atoms with van der Waals surface area (Å²) in [5, 5.41) is 8.10. The largest absolute Gasteiger partial charge is 0.465 e. The van der Waals surface area contributed by atoms with Gasteiger partial charge in [-0.15, -0.1) is 10.1 Å². The molecule has 0 aromatic rings. The molecule has 0 saturated carbocycles. The number of rotatable bonds is 2. The average Bonchev–Trinajstić information content (AvgIpc) is 2.62. The second-order valence-corrected chi connectivity index (χ2v) is 3.09. The van der Waals surface area contributed by atoms with Crippen molar-refractivity contribution in [3.8, 4) is 0 Å². The molecule has 9 nitrogen and oxygen atoms in total. The van der Waals surface area contributed by atoms with Gasteiger partial charge in [0.05, 0.1) is 7.05 Å². The molecule has 82 valence electrons. The molecule has 16 heavy (non-hydrogen) atoms. The van der Waals surface area contributed by atoms with Crippen LogP contribution in [0.3, 0.4) is 0 Å². The quantitative estimate of drug-likeness (QED) is 0.443. The van der Waals surface area contributed by atoms with E-state index in [0.717, 1.165) is 9.58 Å². The molecule has 0 saturated heterocycles. The number of primary amides is 1. The molecule has 3 amide bonds. The molecule has 9 heteroatoms. The number of fused-ring (bicyclic) bond motifs is 1. The number of urea groups is 1. The van der Waals surface area contributed by atoms with E-state index >= 15 is 0 Å². The minimum atomic E-state index is -1.03. The monoisotopic (exact) mass is 223 g/mol. The standard InChI is InChI=1S/C7H6N6O3/c1-12-7(16)13-3(2-14)9-4(5(8)15)6(13)10-11-12/h2,6H,1H3,(H-,8,15)/p+1. The fourth-order valence-corrected chi connectivity index (χ4v) is 1.38. The Kier molecular flexibility index (Phi) is 2.07. The molecular formula is C7H7N6O3+. The van der Waals surface area contributed by atoms with E-state index in [-0.39, 0.29) is 11.5 Å². The van der Waals surface area contributed by atoms with Gasteiger partial charge in [0.15, 0.2) is 0 Å². The zero-order chi connectivity index (χ0) is 11.9. The SMILES string of the molecule is CN1N=NC2C(C(N)=O)=NC(C=O)=[N+]2C1=O. The van der Waals surface area contributed by atoms with Crippen LogP contribution in [0.25, 0.3) is 0 Å². The van der Waals surface area contributed by atoms with Crippen LogP contribution in [0.15, 0.2) is 15.3 Å². The Morgan fingerprint density at radius 1 is 1.62 bits per heavy atom. The van der Waals surface area contributed by atoms with Crippen LogP contribution >= 0.6 is 0 Å². The zero-order valence-electron chi connectivity index (χ0n) is 8.19. The van der Waals surface area contributed by atoms with Crippen molar-refractivity contribution in [3.63, 3.8) is 0 Å². The predicted octanol–water partition coefficient (Wildman–Crippen LogP) is -1.71. The van der Waals surface area contributed by atoms with Gasteiger partial charge in [0, 0.05) is 0 Å². The molecule has 0 radical (unpaired) electrons. The van der Waals surface area contributed by atoms with Crippen molar-refractivity contribution in [1.82, 2.24) is 5.01 Å². The summed E-state index contributed by atoms with van der Waals surface area (Å²) in [7, 11) is 1.37. The third-order valence-electron chi connectivity index (χ3n) is 2.11. The Labute approximate surface area is 88.9 Å². The van der Waals surface area contributed by atoms with E-state index in [0.29, 0.717) is 6.29 Å². The van der Waals surface area contributed by atoms with Crippen LogP contribution in [-0.2, 0) is 9.59 Å². The lowest BCUT2D eigenvalue weighted by Crippen LogP contribution is -2.46. The van der Waals surface area contributed by atoms with Crippen molar-refractivity contribution in [3.05, 3.63) is 0 Å². The fraction of sp³-hybridized carbons (Fsp3) is 0.286. The van der Waals surface area contributed by atoms with E-state index in [4.69, 9.17) is 5.73 Å². The summed E-state index contributed by atoms with van der Waals surface area (Å²) in [4.78, 5) is 37.0. The second-order valence-electron chi connectivity index (χ2n) is 3.09. The molecule has 1 atom stereocenters. The first-order valence-electron chi connectivity index (χ1n) is 4.24. The Hall–Kier alpha value is -2.45. The molecule has 0 spiro atoms. The maximum Gasteiger partial charge on any atom is 0.465 e. The first-order chi connectivity index (χ1) is 7.56. The third kappa shape index (κ3) is 1.21. The Balaban J connectivity index is 2.55. The lowest BCUT2D eigenvalue weighted by molar-refractivity contribution is -0.462. The van der Waals surface area contributed by atoms with Crippen molar-refractivity contribution in [2.24, 2.45) is 21.1 Å². The van der Waals surface area contributed by atoms with Gasteiger partial charge in [-0.05, 0) is 5.22 Å². The summed E-state index contributed by atoms with van der Waals surface area (Å²) in [5.74, 6) is -1.04. The number of hydrogen-bond donors (Lipinski definition) is 1. The maximum absolute atomic E-state index is 11.6. The zero-order valence-corrected chi connectivity index (χ0v) is 8.19. The highest BCUT2D eigenvalue weighted by Crippen LogP contribution is 2.15. The van der Waals surface area contributed by atoms with Gasteiger partial charge in [0.1, 0.15) is 0 Å². The number of nitrogens with zero attached hydrogens (tertiary/aromatic N) is 5. The molecular weight excluding hydrogens is 216 g/mol. The fourth-order valence-electron chi connectivity index (χ4n) is 1.38. The highest BCUT2D eigenvalue weighted by atomic mass is 16.2. The lowest BCUT2D eigenvalue weighted by atomic mass is 10.3. The van der Waals surface area contributed by atoms with Crippen molar-refractivity contribution in [2.75, 3.05) is 7.05 Å². The van der Waals surface area contributed by atoms with Crippen LogP contribution in [0, 0.1) is 0 Å². The minimum Gasteiger partial charge on any atom is -0.363 e. The second kappa shape index (κ2) is 3.29. The Bertz CT molecular complexity index is 490. The van der Waals surface area contributed by atoms with E-state index in [1.807, 2.05) is 0 Å². The van der Waals surface area contributed by atoms with Crippen LogP contribution < -0.4 is 5.73 Å². The number of aliphatic imine (C=N–C) groups is 1. The number of carbonyl (C=O) groups excluding carboxylic acids is 3. The number of nitrogens with two attached hydrogens (primary N) is 1. The van der Waals surface area contributed by atoms with E-state index in [1.165, 1.54) is 7.05 Å². The van der Waals surface area contributed by atoms with E-state index in [2.05, 4.69) is 15.3 Å². The van der Waals surface area contributed by atoms with Gasteiger partial charge in [0.25, 0.3) is 12.1 Å². The van der Waals surface area contributed by atoms with Crippen LogP contribution in [-0.4, -0.2) is 52.6 Å². The van der Waals surface area contributed by atoms with Gasteiger partial charge in [-0.2, -0.15) is 4.58 Å². The van der Waals surface area contributed by atoms with Gasteiger partial charge in [-0.25, -0.2) is 4.79 Å². The van der Waals surface area contributed by atoms with Crippen LogP contribution in [0.5, 0.6) is 0 Å². The number of hydrogen-bond acceptors (Lipinski definition) is 6. The molecule has 0 aliphatic carbocycles. The highest BCUT2D eigenvalue weighted by Gasteiger charge is 2.46. The molecule has 0 aromatic heterocycles. The minimum absolute atomic E-state index is 0.174. The van der Waals surface area contributed by atoms with E-state index < -0.39 is 18.1 Å². The summed E-state index contributed by atoms with van der Waals surface area (Å²) >= 11 is 0. The number of aldehydes is 1. The van der Waals surface area contributed by atoms with Gasteiger partial charge in [0.2, 0.25) is 12.0 Å². The normalized spacial score (nSPS) is 23.3. The summed E-state index contributed by atoms with van der Waals surface area (Å²) in [6.07, 6.45) is -0.670. The molecule has 2 aliphatic heterocycles. The number of amidine groups is 1. The molecule has 2 rings (SSSR count). The molecule has 2 N–H and O–H groups in total. The molecule has 2 heterocycles. The predicted molar refractivity (Wildman–Crippen MR) is 49.8 cm³/mol. The molecule has 0 aromatic carbocycles. The molecule has 1 unspecified atom stereocenters. The van der Waals surface area contributed by atoms with Crippen LogP contribution in [0.2, 0.25) is 0 Å². The van der Waals surface area contributed by atoms with Gasteiger partial charge in [-0.1, -0.05) is 4.99 Å². The smallest absolute Gasteiger partial charge is 0.363 e. The highest BCUT2D eigenvalue weighted by molar-refractivity contribution is 6.46. The van der Waals surface area contributed by atoms with Crippen molar-refractivity contribution < 1.29 is 19.0 Å². The average molecular weight is 223 g/mol. The Morgan fingerprint density at radius 2 is 2.31 bits per heavy atom. The summed E-state index contributed by atoms with van der Waals surface area (Å²) in [5.41, 5.74) is 4.88. The lowest BCUT2D eigenvalue weighted by Gasteiger charge is -2.14. The van der Waals surface area contributed by atoms with E-state index in [1.54, 1.807) is 0 Å². The van der Waals surface area contributed by atoms with Gasteiger partial charge >= 0.3 is 11.9 Å². The number of carbonyl (C=O) groups is 3. The van der Waals surface area contributed by atoms with Crippen molar-refractivity contribution >= 4 is 29.8 Å².